The molecule has 1 atom stereocenters. The summed E-state index contributed by atoms with van der Waals surface area (Å²) in [4.78, 5) is 21.2. The molecule has 7 heteroatoms. The van der Waals surface area contributed by atoms with Gasteiger partial charge in [-0.15, -0.1) is 0 Å². The zero-order valence-electron chi connectivity index (χ0n) is 11.1. The number of hydrogen-bond acceptors (Lipinski definition) is 6. The molecule has 20 heavy (non-hydrogen) atoms. The Bertz CT molecular complexity index is 660. The Kier molecular flexibility index (Phi) is 3.19. The standard InChI is InChI=1S/C13H15N5O2/c1-9-7-17(5-4-14-9)13-11-6-10(18(19)20)2-3-12(11)15-8-16-13/h2-3,6,8-9,14H,4-5,7H2,1H3/t9-/m1/s1. The summed E-state index contributed by atoms with van der Waals surface area (Å²) in [5.74, 6) is 0.770. The number of benzene rings is 1. The topological polar surface area (TPSA) is 84.2 Å². The van der Waals surface area contributed by atoms with Crippen molar-refractivity contribution in [2.75, 3.05) is 24.5 Å². The lowest BCUT2D eigenvalue weighted by Crippen LogP contribution is -2.49. The second kappa shape index (κ2) is 5.01. The van der Waals surface area contributed by atoms with E-state index in [0.717, 1.165) is 36.4 Å². The van der Waals surface area contributed by atoms with Crippen molar-refractivity contribution >= 4 is 22.4 Å². The van der Waals surface area contributed by atoms with E-state index in [1.165, 1.54) is 12.4 Å². The molecule has 0 aliphatic carbocycles. The van der Waals surface area contributed by atoms with Gasteiger partial charge in [-0.3, -0.25) is 10.1 Å². The van der Waals surface area contributed by atoms with Gasteiger partial charge in [0, 0.05) is 43.2 Å². The van der Waals surface area contributed by atoms with Crippen molar-refractivity contribution in [1.29, 1.82) is 0 Å². The number of non-ortho nitro benzene ring substituents is 1. The van der Waals surface area contributed by atoms with E-state index in [1.807, 2.05) is 0 Å². The molecule has 0 bridgehead atoms. The van der Waals surface area contributed by atoms with Gasteiger partial charge in [-0.25, -0.2) is 9.97 Å². The number of anilines is 1. The lowest BCUT2D eigenvalue weighted by Gasteiger charge is -2.33. The van der Waals surface area contributed by atoms with Gasteiger partial charge in [0.15, 0.2) is 0 Å². The Balaban J connectivity index is 2.09. The van der Waals surface area contributed by atoms with Gasteiger partial charge in [0.25, 0.3) is 5.69 Å². The highest BCUT2D eigenvalue weighted by Crippen LogP contribution is 2.27. The van der Waals surface area contributed by atoms with Crippen molar-refractivity contribution in [1.82, 2.24) is 15.3 Å². The van der Waals surface area contributed by atoms with Gasteiger partial charge in [0.2, 0.25) is 0 Å². The number of nitro groups is 1. The van der Waals surface area contributed by atoms with Crippen LogP contribution in [0.5, 0.6) is 0 Å². The first-order valence-corrected chi connectivity index (χ1v) is 6.52. The fourth-order valence-corrected chi connectivity index (χ4v) is 2.52. The average Bonchev–Trinajstić information content (AvgIpc) is 2.46. The second-order valence-corrected chi connectivity index (χ2v) is 4.96. The van der Waals surface area contributed by atoms with E-state index in [0.29, 0.717) is 6.04 Å². The van der Waals surface area contributed by atoms with Gasteiger partial charge < -0.3 is 10.2 Å². The summed E-state index contributed by atoms with van der Waals surface area (Å²) in [7, 11) is 0. The summed E-state index contributed by atoms with van der Waals surface area (Å²) in [5.41, 5.74) is 0.795. The number of nitrogens with zero attached hydrogens (tertiary/aromatic N) is 4. The molecule has 104 valence electrons. The molecular formula is C13H15N5O2. The van der Waals surface area contributed by atoms with E-state index < -0.39 is 4.92 Å². The second-order valence-electron chi connectivity index (χ2n) is 4.96. The number of aromatic nitrogens is 2. The number of rotatable bonds is 2. The Labute approximate surface area is 115 Å². The monoisotopic (exact) mass is 273 g/mol. The van der Waals surface area contributed by atoms with Gasteiger partial charge in [0.1, 0.15) is 12.1 Å². The van der Waals surface area contributed by atoms with E-state index in [9.17, 15) is 10.1 Å². The largest absolute Gasteiger partial charge is 0.353 e. The lowest BCUT2D eigenvalue weighted by atomic mass is 10.1. The highest BCUT2D eigenvalue weighted by atomic mass is 16.6. The first-order chi connectivity index (χ1) is 9.65. The van der Waals surface area contributed by atoms with Crippen molar-refractivity contribution in [3.05, 3.63) is 34.6 Å². The van der Waals surface area contributed by atoms with Crippen LogP contribution >= 0.6 is 0 Å². The lowest BCUT2D eigenvalue weighted by molar-refractivity contribution is -0.384. The van der Waals surface area contributed by atoms with Crippen LogP contribution in [0.4, 0.5) is 11.5 Å². The fraction of sp³-hybridized carbons (Fsp3) is 0.385. The van der Waals surface area contributed by atoms with E-state index in [-0.39, 0.29) is 5.69 Å². The fourth-order valence-electron chi connectivity index (χ4n) is 2.52. The van der Waals surface area contributed by atoms with Crippen LogP contribution in [-0.2, 0) is 0 Å². The quantitative estimate of drug-likeness (QED) is 0.656. The van der Waals surface area contributed by atoms with Crippen LogP contribution in [0.2, 0.25) is 0 Å². The van der Waals surface area contributed by atoms with Crippen LogP contribution < -0.4 is 10.2 Å². The zero-order chi connectivity index (χ0) is 14.1. The summed E-state index contributed by atoms with van der Waals surface area (Å²) in [6.07, 6.45) is 1.51. The minimum Gasteiger partial charge on any atom is -0.353 e. The molecule has 1 aliphatic heterocycles. The molecule has 1 saturated heterocycles. The first-order valence-electron chi connectivity index (χ1n) is 6.52. The molecule has 0 radical (unpaired) electrons. The van der Waals surface area contributed by atoms with Gasteiger partial charge in [-0.1, -0.05) is 0 Å². The summed E-state index contributed by atoms with van der Waals surface area (Å²) in [5, 5.41) is 15.0. The van der Waals surface area contributed by atoms with Crippen molar-refractivity contribution in [3.63, 3.8) is 0 Å². The van der Waals surface area contributed by atoms with Gasteiger partial charge in [-0.05, 0) is 13.0 Å². The smallest absolute Gasteiger partial charge is 0.270 e. The minimum absolute atomic E-state index is 0.0664. The van der Waals surface area contributed by atoms with Gasteiger partial charge in [0.05, 0.1) is 10.4 Å². The predicted molar refractivity (Wildman–Crippen MR) is 75.9 cm³/mol. The number of hydrogen-bond donors (Lipinski definition) is 1. The van der Waals surface area contributed by atoms with E-state index >= 15 is 0 Å². The van der Waals surface area contributed by atoms with Gasteiger partial charge >= 0.3 is 0 Å². The molecule has 0 spiro atoms. The molecule has 0 unspecified atom stereocenters. The predicted octanol–water partition coefficient (Wildman–Crippen LogP) is 1.34. The van der Waals surface area contributed by atoms with Crippen molar-refractivity contribution in [2.24, 2.45) is 0 Å². The Morgan fingerprint density at radius 1 is 1.45 bits per heavy atom. The summed E-state index contributed by atoms with van der Waals surface area (Å²) < 4.78 is 0. The molecule has 3 rings (SSSR count). The molecule has 7 nitrogen and oxygen atoms in total. The summed E-state index contributed by atoms with van der Waals surface area (Å²) in [6, 6.07) is 5.06. The third-order valence-electron chi connectivity index (χ3n) is 3.48. The number of fused-ring (bicyclic) bond motifs is 1. The molecule has 1 fully saturated rings. The van der Waals surface area contributed by atoms with Gasteiger partial charge in [-0.2, -0.15) is 0 Å². The molecule has 1 N–H and O–H groups in total. The number of piperazine rings is 1. The number of nitrogens with one attached hydrogen (secondary N) is 1. The third kappa shape index (κ3) is 2.27. The Morgan fingerprint density at radius 3 is 3.05 bits per heavy atom. The average molecular weight is 273 g/mol. The minimum atomic E-state index is -0.392. The molecule has 0 saturated carbocycles. The Morgan fingerprint density at radius 2 is 2.30 bits per heavy atom. The molecule has 2 aromatic rings. The molecule has 1 aromatic carbocycles. The maximum atomic E-state index is 10.9. The van der Waals surface area contributed by atoms with Crippen LogP contribution in [-0.4, -0.2) is 40.6 Å². The molecular weight excluding hydrogens is 258 g/mol. The van der Waals surface area contributed by atoms with E-state index in [1.54, 1.807) is 12.1 Å². The Hall–Kier alpha value is -2.28. The normalized spacial score (nSPS) is 19.2. The highest BCUT2D eigenvalue weighted by Gasteiger charge is 2.20. The molecule has 2 heterocycles. The van der Waals surface area contributed by atoms with Crippen molar-refractivity contribution < 1.29 is 4.92 Å². The van der Waals surface area contributed by atoms with Crippen molar-refractivity contribution in [2.45, 2.75) is 13.0 Å². The molecule has 0 amide bonds. The maximum absolute atomic E-state index is 10.9. The summed E-state index contributed by atoms with van der Waals surface area (Å²) in [6.45, 7) is 4.65. The number of nitro benzene ring substituents is 1. The van der Waals surface area contributed by atoms with Crippen LogP contribution in [0, 0.1) is 10.1 Å². The van der Waals surface area contributed by atoms with E-state index in [2.05, 4.69) is 27.1 Å². The summed E-state index contributed by atoms with van der Waals surface area (Å²) >= 11 is 0. The molecule has 1 aromatic heterocycles. The van der Waals surface area contributed by atoms with E-state index in [4.69, 9.17) is 0 Å². The SMILES string of the molecule is C[C@@H]1CN(c2ncnc3ccc([N+](=O)[O-])cc23)CCN1. The van der Waals surface area contributed by atoms with Crippen LogP contribution in [0.1, 0.15) is 6.92 Å². The van der Waals surface area contributed by atoms with Crippen LogP contribution in [0.25, 0.3) is 10.9 Å². The van der Waals surface area contributed by atoms with Crippen LogP contribution in [0.15, 0.2) is 24.5 Å². The highest BCUT2D eigenvalue weighted by molar-refractivity contribution is 5.91. The third-order valence-corrected chi connectivity index (χ3v) is 3.48. The maximum Gasteiger partial charge on any atom is 0.270 e. The van der Waals surface area contributed by atoms with Crippen molar-refractivity contribution in [3.8, 4) is 0 Å². The zero-order valence-corrected chi connectivity index (χ0v) is 11.1. The van der Waals surface area contributed by atoms with Crippen LogP contribution in [0.3, 0.4) is 0 Å². The first kappa shape index (κ1) is 12.7. The molecule has 1 aliphatic rings.